The van der Waals surface area contributed by atoms with Gasteiger partial charge in [-0.2, -0.15) is 0 Å². The molecule has 33 heavy (non-hydrogen) atoms. The summed E-state index contributed by atoms with van der Waals surface area (Å²) in [7, 11) is 3.59. The number of nitrogens with one attached hydrogen (secondary N) is 2. The van der Waals surface area contributed by atoms with Crippen molar-refractivity contribution in [2.24, 2.45) is 18.7 Å². The maximum absolute atomic E-state index is 12.1. The van der Waals surface area contributed by atoms with Crippen molar-refractivity contribution >= 4 is 17.4 Å². The lowest BCUT2D eigenvalue weighted by atomic mass is 9.99. The molecule has 0 fully saturated rings. The van der Waals surface area contributed by atoms with Crippen molar-refractivity contribution < 1.29 is 4.79 Å². The smallest absolute Gasteiger partial charge is 0.329 e. The lowest BCUT2D eigenvalue weighted by molar-refractivity contribution is -0.123. The Bertz CT molecular complexity index is 865. The van der Waals surface area contributed by atoms with Crippen LogP contribution in [0.5, 0.6) is 0 Å². The van der Waals surface area contributed by atoms with E-state index in [0.29, 0.717) is 12.4 Å². The highest BCUT2D eigenvalue weighted by molar-refractivity contribution is 5.81. The highest BCUT2D eigenvalue weighted by Crippen LogP contribution is 2.29. The zero-order chi connectivity index (χ0) is 24.4. The maximum atomic E-state index is 12.1. The van der Waals surface area contributed by atoms with Gasteiger partial charge < -0.3 is 20.9 Å². The summed E-state index contributed by atoms with van der Waals surface area (Å²) in [6, 6.07) is -0.397. The van der Waals surface area contributed by atoms with E-state index in [1.807, 2.05) is 18.9 Å². The van der Waals surface area contributed by atoms with Crippen LogP contribution in [0.25, 0.3) is 0 Å². The topological polar surface area (TPSA) is 116 Å². The molecule has 2 rings (SSSR count). The van der Waals surface area contributed by atoms with E-state index in [1.54, 1.807) is 7.05 Å². The third-order valence-corrected chi connectivity index (χ3v) is 6.80. The van der Waals surface area contributed by atoms with Crippen LogP contribution in [0.4, 0.5) is 11.5 Å². The molecular formula is C24H44N6O3. The number of H-pyrrole nitrogens is 1. The molecule has 9 nitrogen and oxygen atoms in total. The van der Waals surface area contributed by atoms with Crippen LogP contribution in [0.1, 0.15) is 78.1 Å². The van der Waals surface area contributed by atoms with E-state index < -0.39 is 6.04 Å². The molecule has 0 bridgehead atoms. The van der Waals surface area contributed by atoms with Crippen molar-refractivity contribution in [3.63, 3.8) is 0 Å². The number of unbranched alkanes of at least 4 members (excludes halogenated alkanes) is 8. The van der Waals surface area contributed by atoms with Gasteiger partial charge in [0.2, 0.25) is 5.91 Å². The summed E-state index contributed by atoms with van der Waals surface area (Å²) in [4.78, 5) is 42.4. The van der Waals surface area contributed by atoms with Crippen molar-refractivity contribution in [3.8, 4) is 0 Å². The van der Waals surface area contributed by atoms with Crippen LogP contribution in [0.3, 0.4) is 0 Å². The molecule has 0 saturated carbocycles. The molecular weight excluding hydrogens is 420 g/mol. The molecule has 2 heterocycles. The van der Waals surface area contributed by atoms with Gasteiger partial charge in [0.25, 0.3) is 5.56 Å². The number of amides is 1. The molecule has 0 aliphatic carbocycles. The molecule has 4 N–H and O–H groups in total. The zero-order valence-electron chi connectivity index (χ0n) is 21.0. The number of anilines is 2. The summed E-state index contributed by atoms with van der Waals surface area (Å²) >= 11 is 0. The zero-order valence-corrected chi connectivity index (χ0v) is 21.0. The highest BCUT2D eigenvalue weighted by Gasteiger charge is 2.29. The van der Waals surface area contributed by atoms with Crippen LogP contribution in [0, 0.1) is 5.92 Å². The van der Waals surface area contributed by atoms with Gasteiger partial charge >= 0.3 is 5.69 Å². The van der Waals surface area contributed by atoms with E-state index in [0.717, 1.165) is 51.0 Å². The number of aromatic nitrogens is 2. The molecule has 2 atom stereocenters. The van der Waals surface area contributed by atoms with E-state index in [4.69, 9.17) is 5.73 Å². The third-order valence-electron chi connectivity index (χ3n) is 6.80. The van der Waals surface area contributed by atoms with Gasteiger partial charge in [-0.05, 0) is 18.8 Å². The summed E-state index contributed by atoms with van der Waals surface area (Å²) in [5.74, 6) is 0.919. The fourth-order valence-electron chi connectivity index (χ4n) is 4.38. The second-order valence-electron chi connectivity index (χ2n) is 9.48. The third kappa shape index (κ3) is 7.62. The van der Waals surface area contributed by atoms with Gasteiger partial charge in [-0.25, -0.2) is 4.79 Å². The summed E-state index contributed by atoms with van der Waals surface area (Å²) < 4.78 is 1.53. The lowest BCUT2D eigenvalue weighted by Crippen LogP contribution is -2.44. The molecule has 1 amide bonds. The van der Waals surface area contributed by atoms with Crippen LogP contribution < -0.4 is 32.1 Å². The van der Waals surface area contributed by atoms with Gasteiger partial charge in [-0.1, -0.05) is 65.2 Å². The Balaban J connectivity index is 1.51. The molecule has 1 aliphatic rings. The Morgan fingerprint density at radius 3 is 2.21 bits per heavy atom. The van der Waals surface area contributed by atoms with Crippen molar-refractivity contribution in [1.82, 2.24) is 14.9 Å². The minimum absolute atomic E-state index is 0.0255. The van der Waals surface area contributed by atoms with E-state index in [-0.39, 0.29) is 23.1 Å². The highest BCUT2D eigenvalue weighted by atomic mass is 16.2. The molecule has 0 aromatic carbocycles. The van der Waals surface area contributed by atoms with Crippen LogP contribution in [-0.2, 0) is 11.8 Å². The van der Waals surface area contributed by atoms with Crippen LogP contribution >= 0.6 is 0 Å². The molecule has 1 aromatic heterocycles. The van der Waals surface area contributed by atoms with E-state index >= 15 is 0 Å². The van der Waals surface area contributed by atoms with Crippen molar-refractivity contribution in [2.45, 2.75) is 84.1 Å². The monoisotopic (exact) mass is 464 g/mol. The average Bonchev–Trinajstić information content (AvgIpc) is 3.13. The van der Waals surface area contributed by atoms with Gasteiger partial charge in [0.1, 0.15) is 11.5 Å². The molecule has 1 aliphatic heterocycles. The Morgan fingerprint density at radius 2 is 1.61 bits per heavy atom. The van der Waals surface area contributed by atoms with Gasteiger partial charge in [0, 0.05) is 27.2 Å². The van der Waals surface area contributed by atoms with Gasteiger partial charge in [0.05, 0.1) is 12.7 Å². The van der Waals surface area contributed by atoms with E-state index in [9.17, 15) is 14.4 Å². The molecule has 0 saturated heterocycles. The molecule has 2 unspecified atom stereocenters. The Labute approximate surface area is 197 Å². The first-order valence-corrected chi connectivity index (χ1v) is 12.6. The molecule has 0 radical (unpaired) electrons. The summed E-state index contributed by atoms with van der Waals surface area (Å²) in [6.07, 6.45) is 11.4. The number of nitrogens with two attached hydrogens (primary N) is 1. The number of aromatic amines is 1. The number of nitrogens with zero attached hydrogens (tertiary/aromatic N) is 3. The van der Waals surface area contributed by atoms with Crippen molar-refractivity contribution in [1.29, 1.82) is 0 Å². The number of carbonyl (C=O) groups excluding carboxylic acids is 1. The first-order valence-electron chi connectivity index (χ1n) is 12.6. The second-order valence-corrected chi connectivity index (χ2v) is 9.48. The van der Waals surface area contributed by atoms with Gasteiger partial charge in [-0.3, -0.25) is 19.1 Å². The fraction of sp³-hybridized carbons (Fsp3) is 0.792. The number of hydrogen-bond donors (Lipinski definition) is 3. The maximum Gasteiger partial charge on any atom is 0.329 e. The average molecular weight is 465 g/mol. The number of fused-ring (bicyclic) bond motifs is 1. The lowest BCUT2D eigenvalue weighted by Gasteiger charge is -2.20. The molecule has 188 valence electrons. The van der Waals surface area contributed by atoms with Crippen LogP contribution in [0.15, 0.2) is 9.59 Å². The van der Waals surface area contributed by atoms with E-state index in [1.165, 1.54) is 36.7 Å². The van der Waals surface area contributed by atoms with Gasteiger partial charge in [-0.15, -0.1) is 0 Å². The largest absolute Gasteiger partial charge is 0.355 e. The standard InChI is InChI=1S/C24H44N6O3/c1-5-18(2)19(25)21(31)26-15-13-11-9-7-6-8-10-12-14-16-30-17-28(3)20-22(32)27-24(33)29(4)23(20)30/h18-19H,5-17,25H2,1-4H3,(H,26,31)(H,27,32,33). The van der Waals surface area contributed by atoms with Crippen molar-refractivity contribution in [3.05, 3.63) is 20.8 Å². The predicted molar refractivity (Wildman–Crippen MR) is 135 cm³/mol. The minimum atomic E-state index is -0.397. The Hall–Kier alpha value is -2.29. The molecule has 1 aromatic rings. The first kappa shape index (κ1) is 27.0. The van der Waals surface area contributed by atoms with Crippen LogP contribution in [0.2, 0.25) is 0 Å². The second kappa shape index (κ2) is 13.4. The van der Waals surface area contributed by atoms with Crippen LogP contribution in [-0.4, -0.2) is 48.3 Å². The summed E-state index contributed by atoms with van der Waals surface area (Å²) in [6.45, 7) is 6.27. The van der Waals surface area contributed by atoms with E-state index in [2.05, 4.69) is 22.1 Å². The summed E-state index contributed by atoms with van der Waals surface area (Å²) in [5, 5.41) is 2.96. The number of carbonyl (C=O) groups is 1. The van der Waals surface area contributed by atoms with Crippen molar-refractivity contribution in [2.75, 3.05) is 36.6 Å². The Morgan fingerprint density at radius 1 is 1.03 bits per heavy atom. The molecule has 0 spiro atoms. The molecule has 9 heteroatoms. The minimum Gasteiger partial charge on any atom is -0.355 e. The number of hydrogen-bond acceptors (Lipinski definition) is 6. The summed E-state index contributed by atoms with van der Waals surface area (Å²) in [5.41, 5.74) is 5.84. The first-order chi connectivity index (χ1) is 15.8. The quantitative estimate of drug-likeness (QED) is 0.343. The number of rotatable bonds is 15. The fourth-order valence-corrected chi connectivity index (χ4v) is 4.38. The normalized spacial score (nSPS) is 14.9. The SMILES string of the molecule is CCC(C)C(N)C(=O)NCCCCCCCCCCCN1CN(C)c2c1n(C)c(=O)[nH]c2=O. The van der Waals surface area contributed by atoms with Gasteiger partial charge in [0.15, 0.2) is 0 Å². The predicted octanol–water partition coefficient (Wildman–Crippen LogP) is 2.29. The Kier molecular flexibility index (Phi) is 11.0.